The molecule has 0 aliphatic carbocycles. The van der Waals surface area contributed by atoms with E-state index in [2.05, 4.69) is 9.97 Å². The van der Waals surface area contributed by atoms with Crippen LogP contribution < -0.4 is 0 Å². The zero-order chi connectivity index (χ0) is 18.0. The summed E-state index contributed by atoms with van der Waals surface area (Å²) in [5, 5.41) is -0.123. The van der Waals surface area contributed by atoms with Crippen molar-refractivity contribution in [1.29, 1.82) is 0 Å². The molecule has 0 radical (unpaired) electrons. The fraction of sp³-hybridized carbons (Fsp3) is 0.235. The van der Waals surface area contributed by atoms with E-state index >= 15 is 0 Å². The summed E-state index contributed by atoms with van der Waals surface area (Å²) < 4.78 is 40.0. The second-order valence-corrected chi connectivity index (χ2v) is 7.84. The summed E-state index contributed by atoms with van der Waals surface area (Å²) >= 11 is 5.92. The Bertz CT molecular complexity index is 971. The average molecular weight is 382 g/mol. The Balaban J connectivity index is 1.81. The van der Waals surface area contributed by atoms with Crippen molar-refractivity contribution in [3.05, 3.63) is 59.1 Å². The van der Waals surface area contributed by atoms with Crippen molar-refractivity contribution in [2.45, 2.75) is 18.2 Å². The molecule has 0 bridgehead atoms. The molecule has 3 aromatic rings. The minimum absolute atomic E-state index is 0.0953. The number of imidazole rings is 1. The van der Waals surface area contributed by atoms with Gasteiger partial charge in [-0.2, -0.15) is 4.31 Å². The summed E-state index contributed by atoms with van der Waals surface area (Å²) in [7, 11) is -3.81. The third-order valence-electron chi connectivity index (χ3n) is 3.90. The predicted octanol–water partition coefficient (Wildman–Crippen LogP) is 3.61. The normalized spacial score (nSPS) is 12.2. The molecule has 5 nitrogen and oxygen atoms in total. The zero-order valence-corrected chi connectivity index (χ0v) is 15.1. The van der Waals surface area contributed by atoms with Crippen LogP contribution >= 0.6 is 11.6 Å². The largest absolute Gasteiger partial charge is 0.342 e. The molecule has 132 valence electrons. The van der Waals surface area contributed by atoms with E-state index in [1.807, 2.05) is 24.3 Å². The molecular formula is C17H17ClFN3O2S. The summed E-state index contributed by atoms with van der Waals surface area (Å²) in [4.78, 5) is 7.53. The molecule has 0 saturated heterocycles. The van der Waals surface area contributed by atoms with Crippen molar-refractivity contribution >= 4 is 32.7 Å². The maximum absolute atomic E-state index is 13.2. The van der Waals surface area contributed by atoms with Gasteiger partial charge in [-0.15, -0.1) is 0 Å². The number of likely N-dealkylation sites (N-methyl/N-ethyl adjacent to an activating group) is 1. The van der Waals surface area contributed by atoms with Crippen LogP contribution in [0.1, 0.15) is 12.7 Å². The van der Waals surface area contributed by atoms with E-state index in [1.165, 1.54) is 10.4 Å². The lowest BCUT2D eigenvalue weighted by Crippen LogP contribution is -2.33. The molecule has 1 N–H and O–H groups in total. The molecule has 2 aromatic carbocycles. The quantitative estimate of drug-likeness (QED) is 0.709. The minimum Gasteiger partial charge on any atom is -0.342 e. The summed E-state index contributed by atoms with van der Waals surface area (Å²) in [6.45, 7) is 2.26. The van der Waals surface area contributed by atoms with Gasteiger partial charge >= 0.3 is 0 Å². The van der Waals surface area contributed by atoms with Gasteiger partial charge in [0.05, 0.1) is 16.1 Å². The van der Waals surface area contributed by atoms with Gasteiger partial charge in [-0.05, 0) is 30.3 Å². The highest BCUT2D eigenvalue weighted by Gasteiger charge is 2.25. The number of nitrogens with one attached hydrogen (secondary N) is 1. The highest BCUT2D eigenvalue weighted by Crippen LogP contribution is 2.25. The van der Waals surface area contributed by atoms with Gasteiger partial charge in [-0.3, -0.25) is 0 Å². The number of hydrogen-bond acceptors (Lipinski definition) is 3. The third-order valence-corrected chi connectivity index (χ3v) is 6.36. The van der Waals surface area contributed by atoms with E-state index < -0.39 is 15.8 Å². The van der Waals surface area contributed by atoms with E-state index in [1.54, 1.807) is 6.92 Å². The molecule has 25 heavy (non-hydrogen) atoms. The molecule has 8 heteroatoms. The predicted molar refractivity (Wildman–Crippen MR) is 95.6 cm³/mol. The number of aromatic nitrogens is 2. The van der Waals surface area contributed by atoms with Crippen molar-refractivity contribution in [2.75, 3.05) is 13.1 Å². The molecule has 0 spiro atoms. The number of para-hydroxylation sites is 2. The highest BCUT2D eigenvalue weighted by atomic mass is 35.5. The van der Waals surface area contributed by atoms with Crippen LogP contribution in [0.3, 0.4) is 0 Å². The summed E-state index contributed by atoms with van der Waals surface area (Å²) in [5.41, 5.74) is 1.75. The fourth-order valence-electron chi connectivity index (χ4n) is 2.63. The number of halogens is 2. The van der Waals surface area contributed by atoms with Crippen LogP contribution in [0.25, 0.3) is 11.0 Å². The highest BCUT2D eigenvalue weighted by molar-refractivity contribution is 7.89. The molecular weight excluding hydrogens is 365 g/mol. The minimum atomic E-state index is -3.81. The van der Waals surface area contributed by atoms with Gasteiger partial charge in [0, 0.05) is 19.5 Å². The SMILES string of the molecule is CCN(CCc1nc2ccccc2[nH]1)S(=O)(=O)c1ccc(F)cc1Cl. The standard InChI is InChI=1S/C17H17ClFN3O2S/c1-2-22(25(23,24)16-8-7-12(19)11-13(16)18)10-9-17-20-14-5-3-4-6-15(14)21-17/h3-8,11H,2,9-10H2,1H3,(H,20,21). The van der Waals surface area contributed by atoms with Gasteiger partial charge < -0.3 is 4.98 Å². The number of sulfonamides is 1. The molecule has 3 rings (SSSR count). The Morgan fingerprint density at radius 1 is 1.24 bits per heavy atom. The van der Waals surface area contributed by atoms with Crippen molar-refractivity contribution in [2.24, 2.45) is 0 Å². The molecule has 1 aromatic heterocycles. The first-order chi connectivity index (χ1) is 11.9. The van der Waals surface area contributed by atoms with Gasteiger partial charge in [0.15, 0.2) is 0 Å². The average Bonchev–Trinajstić information content (AvgIpc) is 2.97. The Morgan fingerprint density at radius 3 is 2.68 bits per heavy atom. The van der Waals surface area contributed by atoms with E-state index in [9.17, 15) is 12.8 Å². The van der Waals surface area contributed by atoms with Crippen LogP contribution in [0.15, 0.2) is 47.4 Å². The second-order valence-electron chi connectivity index (χ2n) is 5.52. The maximum atomic E-state index is 13.2. The summed E-state index contributed by atoms with van der Waals surface area (Å²) in [6, 6.07) is 10.9. The Morgan fingerprint density at radius 2 is 2.00 bits per heavy atom. The lowest BCUT2D eigenvalue weighted by atomic mass is 10.3. The second kappa shape index (κ2) is 7.11. The lowest BCUT2D eigenvalue weighted by Gasteiger charge is -2.20. The van der Waals surface area contributed by atoms with Crippen molar-refractivity contribution in [1.82, 2.24) is 14.3 Å². The Hall–Kier alpha value is -1.96. The first-order valence-corrected chi connectivity index (χ1v) is 9.62. The van der Waals surface area contributed by atoms with Crippen molar-refractivity contribution < 1.29 is 12.8 Å². The Labute approximate surface area is 150 Å². The van der Waals surface area contributed by atoms with Gasteiger partial charge in [0.1, 0.15) is 16.5 Å². The van der Waals surface area contributed by atoms with Crippen molar-refractivity contribution in [3.63, 3.8) is 0 Å². The number of benzene rings is 2. The number of aromatic amines is 1. The lowest BCUT2D eigenvalue weighted by molar-refractivity contribution is 0.428. The first kappa shape index (κ1) is 17.8. The monoisotopic (exact) mass is 381 g/mol. The van der Waals surface area contributed by atoms with Crippen LogP contribution in [0.5, 0.6) is 0 Å². The molecule has 0 atom stereocenters. The van der Waals surface area contributed by atoms with E-state index in [0.29, 0.717) is 12.2 Å². The molecule has 0 amide bonds. The Kier molecular flexibility index (Phi) is 5.08. The molecule has 0 saturated carbocycles. The molecule has 0 aliphatic heterocycles. The number of H-pyrrole nitrogens is 1. The van der Waals surface area contributed by atoms with Gasteiger partial charge in [-0.1, -0.05) is 30.7 Å². The van der Waals surface area contributed by atoms with Crippen LogP contribution in [-0.4, -0.2) is 35.8 Å². The summed E-state index contributed by atoms with van der Waals surface area (Å²) in [5.74, 6) is 0.134. The topological polar surface area (TPSA) is 66.1 Å². The van der Waals surface area contributed by atoms with Crippen LogP contribution in [-0.2, 0) is 16.4 Å². The number of hydrogen-bond donors (Lipinski definition) is 1. The fourth-order valence-corrected chi connectivity index (χ4v) is 4.58. The van der Waals surface area contributed by atoms with E-state index in [0.717, 1.165) is 23.2 Å². The first-order valence-electron chi connectivity index (χ1n) is 7.80. The molecule has 0 unspecified atom stereocenters. The van der Waals surface area contributed by atoms with Crippen LogP contribution in [0.4, 0.5) is 4.39 Å². The van der Waals surface area contributed by atoms with Gasteiger partial charge in [0.2, 0.25) is 10.0 Å². The number of nitrogens with zero attached hydrogens (tertiary/aromatic N) is 2. The van der Waals surface area contributed by atoms with Crippen LogP contribution in [0.2, 0.25) is 5.02 Å². The smallest absolute Gasteiger partial charge is 0.244 e. The summed E-state index contributed by atoms with van der Waals surface area (Å²) in [6.07, 6.45) is 0.431. The molecule has 1 heterocycles. The van der Waals surface area contributed by atoms with E-state index in [-0.39, 0.29) is 23.0 Å². The van der Waals surface area contributed by atoms with Gasteiger partial charge in [0.25, 0.3) is 0 Å². The van der Waals surface area contributed by atoms with Crippen molar-refractivity contribution in [3.8, 4) is 0 Å². The molecule has 0 fully saturated rings. The number of rotatable bonds is 6. The third kappa shape index (κ3) is 3.68. The van der Waals surface area contributed by atoms with Gasteiger partial charge in [-0.25, -0.2) is 17.8 Å². The zero-order valence-electron chi connectivity index (χ0n) is 13.5. The maximum Gasteiger partial charge on any atom is 0.244 e. The van der Waals surface area contributed by atoms with Crippen LogP contribution in [0, 0.1) is 5.82 Å². The van der Waals surface area contributed by atoms with E-state index in [4.69, 9.17) is 11.6 Å². The number of fused-ring (bicyclic) bond motifs is 1. The molecule has 0 aliphatic rings.